The van der Waals surface area contributed by atoms with Crippen LogP contribution in [0.2, 0.25) is 5.02 Å². The van der Waals surface area contributed by atoms with Gasteiger partial charge in [0.1, 0.15) is 0 Å². The standard InChI is InChI=1S/C16H22ClNO/c1-18-13-7-8-16(18)15(10-19-2)14(9-13)11-3-5-12(17)6-4-11/h3-6,13-16H,7-10H2,1-2H3/t13?,14-,15-,16-/m1/s1. The van der Waals surface area contributed by atoms with Crippen LogP contribution >= 0.6 is 11.6 Å². The molecule has 0 saturated carbocycles. The highest BCUT2D eigenvalue weighted by Gasteiger charge is 2.45. The molecule has 0 amide bonds. The van der Waals surface area contributed by atoms with E-state index < -0.39 is 0 Å². The summed E-state index contributed by atoms with van der Waals surface area (Å²) in [4.78, 5) is 2.58. The minimum absolute atomic E-state index is 0.606. The molecule has 1 aromatic rings. The number of piperidine rings is 1. The van der Waals surface area contributed by atoms with Crippen LogP contribution < -0.4 is 0 Å². The molecule has 0 aliphatic carbocycles. The Labute approximate surface area is 120 Å². The topological polar surface area (TPSA) is 12.5 Å². The molecule has 19 heavy (non-hydrogen) atoms. The summed E-state index contributed by atoms with van der Waals surface area (Å²) in [6.07, 6.45) is 3.91. The van der Waals surface area contributed by atoms with E-state index in [0.29, 0.717) is 17.9 Å². The first kappa shape index (κ1) is 13.4. The number of halogens is 1. The molecule has 0 N–H and O–H groups in total. The number of hydrogen-bond donors (Lipinski definition) is 0. The number of rotatable bonds is 3. The predicted octanol–water partition coefficient (Wildman–Crippen LogP) is 3.55. The summed E-state index contributed by atoms with van der Waals surface area (Å²) in [5, 5.41) is 0.822. The largest absolute Gasteiger partial charge is 0.384 e. The molecule has 2 aliphatic rings. The van der Waals surface area contributed by atoms with Crippen molar-refractivity contribution in [1.29, 1.82) is 0 Å². The molecule has 2 nitrogen and oxygen atoms in total. The van der Waals surface area contributed by atoms with Gasteiger partial charge in [0.25, 0.3) is 0 Å². The van der Waals surface area contributed by atoms with E-state index in [9.17, 15) is 0 Å². The summed E-state index contributed by atoms with van der Waals surface area (Å²) in [5.74, 6) is 1.22. The maximum atomic E-state index is 6.01. The van der Waals surface area contributed by atoms with Gasteiger partial charge in [-0.1, -0.05) is 23.7 Å². The third-order valence-electron chi connectivity index (χ3n) is 5.09. The molecule has 104 valence electrons. The minimum atomic E-state index is 0.606. The Bertz CT molecular complexity index is 433. The van der Waals surface area contributed by atoms with Crippen molar-refractivity contribution in [3.8, 4) is 0 Å². The molecule has 2 fully saturated rings. The van der Waals surface area contributed by atoms with Crippen molar-refractivity contribution in [3.63, 3.8) is 0 Å². The third-order valence-corrected chi connectivity index (χ3v) is 5.34. The van der Waals surface area contributed by atoms with Crippen LogP contribution in [0.25, 0.3) is 0 Å². The number of methoxy groups -OCH3 is 1. The van der Waals surface area contributed by atoms with Crippen molar-refractivity contribution >= 4 is 11.6 Å². The van der Waals surface area contributed by atoms with Gasteiger partial charge in [0, 0.05) is 30.1 Å². The van der Waals surface area contributed by atoms with Crippen LogP contribution in [0, 0.1) is 5.92 Å². The number of benzene rings is 1. The Kier molecular flexibility index (Phi) is 3.84. The van der Waals surface area contributed by atoms with Crippen LogP contribution in [0.5, 0.6) is 0 Å². The van der Waals surface area contributed by atoms with Gasteiger partial charge in [0.15, 0.2) is 0 Å². The molecule has 2 saturated heterocycles. The van der Waals surface area contributed by atoms with Gasteiger partial charge in [-0.05, 0) is 49.9 Å². The lowest BCUT2D eigenvalue weighted by Gasteiger charge is -2.43. The Morgan fingerprint density at radius 3 is 2.68 bits per heavy atom. The van der Waals surface area contributed by atoms with Crippen molar-refractivity contribution < 1.29 is 4.74 Å². The zero-order valence-electron chi connectivity index (χ0n) is 11.7. The van der Waals surface area contributed by atoms with E-state index in [-0.39, 0.29) is 0 Å². The van der Waals surface area contributed by atoms with Gasteiger partial charge >= 0.3 is 0 Å². The van der Waals surface area contributed by atoms with Crippen LogP contribution in [0.3, 0.4) is 0 Å². The summed E-state index contributed by atoms with van der Waals surface area (Å²) in [6.45, 7) is 0.856. The quantitative estimate of drug-likeness (QED) is 0.839. The number of fused-ring (bicyclic) bond motifs is 2. The first-order valence-corrected chi connectivity index (χ1v) is 7.55. The van der Waals surface area contributed by atoms with Crippen LogP contribution in [0.4, 0.5) is 0 Å². The third kappa shape index (κ3) is 2.42. The van der Waals surface area contributed by atoms with Crippen LogP contribution in [0.1, 0.15) is 30.7 Å². The highest BCUT2D eigenvalue weighted by atomic mass is 35.5. The second-order valence-electron chi connectivity index (χ2n) is 5.98. The average Bonchev–Trinajstić information content (AvgIpc) is 2.65. The summed E-state index contributed by atoms with van der Waals surface area (Å²) in [5.41, 5.74) is 1.43. The van der Waals surface area contributed by atoms with E-state index in [1.165, 1.54) is 24.8 Å². The van der Waals surface area contributed by atoms with E-state index in [4.69, 9.17) is 16.3 Å². The zero-order valence-corrected chi connectivity index (χ0v) is 12.4. The van der Waals surface area contributed by atoms with Crippen molar-refractivity contribution in [2.24, 2.45) is 5.92 Å². The second kappa shape index (κ2) is 5.43. The summed E-state index contributed by atoms with van der Waals surface area (Å²) < 4.78 is 5.50. The van der Waals surface area contributed by atoms with Gasteiger partial charge in [-0.2, -0.15) is 0 Å². The molecular weight excluding hydrogens is 258 g/mol. The van der Waals surface area contributed by atoms with Crippen LogP contribution in [0.15, 0.2) is 24.3 Å². The van der Waals surface area contributed by atoms with E-state index in [1.54, 1.807) is 0 Å². The predicted molar refractivity (Wildman–Crippen MR) is 78.7 cm³/mol. The zero-order chi connectivity index (χ0) is 13.4. The lowest BCUT2D eigenvalue weighted by Crippen LogP contribution is -2.47. The molecule has 4 atom stereocenters. The number of hydrogen-bond acceptors (Lipinski definition) is 2. The summed E-state index contributed by atoms with van der Waals surface area (Å²) in [6, 6.07) is 9.85. The minimum Gasteiger partial charge on any atom is -0.384 e. The van der Waals surface area contributed by atoms with Gasteiger partial charge in [-0.3, -0.25) is 0 Å². The smallest absolute Gasteiger partial charge is 0.0511 e. The van der Waals surface area contributed by atoms with Crippen molar-refractivity contribution in [2.75, 3.05) is 20.8 Å². The maximum absolute atomic E-state index is 6.01. The Balaban J connectivity index is 1.88. The maximum Gasteiger partial charge on any atom is 0.0511 e. The molecule has 0 aromatic heterocycles. The lowest BCUT2D eigenvalue weighted by atomic mass is 9.76. The summed E-state index contributed by atoms with van der Waals surface area (Å²) in [7, 11) is 4.10. The van der Waals surface area contributed by atoms with E-state index in [2.05, 4.69) is 24.1 Å². The van der Waals surface area contributed by atoms with E-state index in [0.717, 1.165) is 17.7 Å². The van der Waals surface area contributed by atoms with Crippen molar-refractivity contribution in [1.82, 2.24) is 4.90 Å². The molecule has 2 heterocycles. The summed E-state index contributed by atoms with van der Waals surface area (Å²) >= 11 is 6.01. The first-order valence-electron chi connectivity index (χ1n) is 7.17. The average molecular weight is 280 g/mol. The Morgan fingerprint density at radius 1 is 1.26 bits per heavy atom. The molecule has 0 spiro atoms. The van der Waals surface area contributed by atoms with Crippen molar-refractivity contribution in [3.05, 3.63) is 34.9 Å². The molecule has 2 bridgehead atoms. The highest BCUT2D eigenvalue weighted by molar-refractivity contribution is 6.30. The molecule has 1 unspecified atom stereocenters. The van der Waals surface area contributed by atoms with Gasteiger partial charge < -0.3 is 9.64 Å². The highest BCUT2D eigenvalue weighted by Crippen LogP contribution is 2.46. The molecule has 1 aromatic carbocycles. The molecule has 0 radical (unpaired) electrons. The molecular formula is C16H22ClNO. The van der Waals surface area contributed by atoms with Crippen LogP contribution in [-0.2, 0) is 4.74 Å². The monoisotopic (exact) mass is 279 g/mol. The number of ether oxygens (including phenoxy) is 1. The normalized spacial score (nSPS) is 34.7. The van der Waals surface area contributed by atoms with E-state index in [1.807, 2.05) is 19.2 Å². The van der Waals surface area contributed by atoms with E-state index >= 15 is 0 Å². The Hall–Kier alpha value is -0.570. The number of nitrogens with zero attached hydrogens (tertiary/aromatic N) is 1. The van der Waals surface area contributed by atoms with Gasteiger partial charge in [-0.15, -0.1) is 0 Å². The van der Waals surface area contributed by atoms with Gasteiger partial charge in [0.2, 0.25) is 0 Å². The second-order valence-corrected chi connectivity index (χ2v) is 6.41. The van der Waals surface area contributed by atoms with Crippen molar-refractivity contribution in [2.45, 2.75) is 37.3 Å². The SMILES string of the molecule is COC[C@@H]1[C@@H](c2ccc(Cl)cc2)CC2CC[C@H]1N2C. The van der Waals surface area contributed by atoms with Gasteiger partial charge in [-0.25, -0.2) is 0 Å². The Morgan fingerprint density at radius 2 is 2.00 bits per heavy atom. The molecule has 3 heteroatoms. The first-order chi connectivity index (χ1) is 9.20. The fourth-order valence-electron chi connectivity index (χ4n) is 4.09. The lowest BCUT2D eigenvalue weighted by molar-refractivity contribution is 0.0405. The van der Waals surface area contributed by atoms with Crippen LogP contribution in [-0.4, -0.2) is 37.7 Å². The molecule has 3 rings (SSSR count). The fraction of sp³-hybridized carbons (Fsp3) is 0.625. The van der Waals surface area contributed by atoms with Gasteiger partial charge in [0.05, 0.1) is 6.61 Å². The molecule has 2 aliphatic heterocycles. The fourth-order valence-corrected chi connectivity index (χ4v) is 4.22.